The molecule has 0 aromatic heterocycles. The molecule has 18 heavy (non-hydrogen) atoms. The molecule has 0 saturated carbocycles. The first-order valence-electron chi connectivity index (χ1n) is 6.77. The van der Waals surface area contributed by atoms with Crippen molar-refractivity contribution in [3.05, 3.63) is 29.3 Å². The normalized spacial score (nSPS) is 10.9. The SMILES string of the molecule is CC(C)CNCCCCCOc1ccc(Cl)cc1. The van der Waals surface area contributed by atoms with Crippen LogP contribution in [0.15, 0.2) is 24.3 Å². The van der Waals surface area contributed by atoms with Crippen LogP contribution in [0.5, 0.6) is 5.75 Å². The lowest BCUT2D eigenvalue weighted by atomic mass is 10.2. The minimum absolute atomic E-state index is 0.734. The Morgan fingerprint density at radius 2 is 1.83 bits per heavy atom. The predicted molar refractivity (Wildman–Crippen MR) is 78.5 cm³/mol. The van der Waals surface area contributed by atoms with Crippen molar-refractivity contribution in [1.29, 1.82) is 0 Å². The van der Waals surface area contributed by atoms with Gasteiger partial charge in [0, 0.05) is 5.02 Å². The molecule has 1 aromatic carbocycles. The maximum atomic E-state index is 5.80. The minimum atomic E-state index is 0.734. The highest BCUT2D eigenvalue weighted by atomic mass is 35.5. The van der Waals surface area contributed by atoms with Crippen LogP contribution in [-0.2, 0) is 0 Å². The van der Waals surface area contributed by atoms with Crippen molar-refractivity contribution in [2.75, 3.05) is 19.7 Å². The second kappa shape index (κ2) is 9.23. The van der Waals surface area contributed by atoms with Crippen molar-refractivity contribution in [3.63, 3.8) is 0 Å². The highest BCUT2D eigenvalue weighted by molar-refractivity contribution is 6.30. The van der Waals surface area contributed by atoms with Gasteiger partial charge in [-0.2, -0.15) is 0 Å². The van der Waals surface area contributed by atoms with E-state index in [1.165, 1.54) is 12.8 Å². The van der Waals surface area contributed by atoms with Gasteiger partial charge in [0.2, 0.25) is 0 Å². The molecule has 0 atom stereocenters. The molecule has 1 N–H and O–H groups in total. The van der Waals surface area contributed by atoms with Crippen molar-refractivity contribution < 1.29 is 4.74 Å². The molecule has 102 valence electrons. The third-order valence-electron chi connectivity index (χ3n) is 2.63. The van der Waals surface area contributed by atoms with Gasteiger partial charge in [0.05, 0.1) is 6.61 Å². The Morgan fingerprint density at radius 1 is 1.11 bits per heavy atom. The Bertz CT molecular complexity index is 311. The number of benzene rings is 1. The molecule has 1 aromatic rings. The zero-order valence-corrected chi connectivity index (χ0v) is 12.2. The van der Waals surface area contributed by atoms with Gasteiger partial charge in [-0.3, -0.25) is 0 Å². The summed E-state index contributed by atoms with van der Waals surface area (Å²) in [7, 11) is 0. The van der Waals surface area contributed by atoms with Crippen LogP contribution in [-0.4, -0.2) is 19.7 Å². The first-order chi connectivity index (χ1) is 8.68. The van der Waals surface area contributed by atoms with Gasteiger partial charge in [-0.05, 0) is 62.5 Å². The van der Waals surface area contributed by atoms with Gasteiger partial charge in [-0.1, -0.05) is 25.4 Å². The summed E-state index contributed by atoms with van der Waals surface area (Å²) in [5, 5.41) is 4.19. The molecule has 2 nitrogen and oxygen atoms in total. The Labute approximate surface area is 116 Å². The van der Waals surface area contributed by atoms with Crippen LogP contribution in [0.4, 0.5) is 0 Å². The van der Waals surface area contributed by atoms with Gasteiger partial charge >= 0.3 is 0 Å². The van der Waals surface area contributed by atoms with Crippen LogP contribution in [0.25, 0.3) is 0 Å². The van der Waals surface area contributed by atoms with Gasteiger partial charge in [0.25, 0.3) is 0 Å². The molecule has 0 fully saturated rings. The summed E-state index contributed by atoms with van der Waals surface area (Å²) in [6, 6.07) is 7.53. The predicted octanol–water partition coefficient (Wildman–Crippen LogP) is 4.13. The number of halogens is 1. The standard InChI is InChI=1S/C15H24ClNO/c1-13(2)12-17-10-4-3-5-11-18-15-8-6-14(16)7-9-15/h6-9,13,17H,3-5,10-12H2,1-2H3. The topological polar surface area (TPSA) is 21.3 Å². The number of hydrogen-bond donors (Lipinski definition) is 1. The largest absolute Gasteiger partial charge is 0.494 e. The molecule has 0 radical (unpaired) electrons. The second-order valence-corrected chi connectivity index (χ2v) is 5.40. The zero-order valence-electron chi connectivity index (χ0n) is 11.4. The monoisotopic (exact) mass is 269 g/mol. The fraction of sp³-hybridized carbons (Fsp3) is 0.600. The quantitative estimate of drug-likeness (QED) is 0.681. The number of nitrogens with one attached hydrogen (secondary N) is 1. The molecule has 0 spiro atoms. The van der Waals surface area contributed by atoms with E-state index in [9.17, 15) is 0 Å². The smallest absolute Gasteiger partial charge is 0.119 e. The fourth-order valence-electron chi connectivity index (χ4n) is 1.64. The van der Waals surface area contributed by atoms with Crippen LogP contribution in [0.1, 0.15) is 33.1 Å². The molecule has 0 aliphatic heterocycles. The van der Waals surface area contributed by atoms with Gasteiger partial charge < -0.3 is 10.1 Å². The Morgan fingerprint density at radius 3 is 2.50 bits per heavy atom. The number of ether oxygens (including phenoxy) is 1. The average Bonchev–Trinajstić information content (AvgIpc) is 2.34. The first-order valence-corrected chi connectivity index (χ1v) is 7.15. The molecule has 0 aliphatic rings. The van der Waals surface area contributed by atoms with Crippen molar-refractivity contribution >= 4 is 11.6 Å². The first kappa shape index (κ1) is 15.3. The summed E-state index contributed by atoms with van der Waals surface area (Å²) in [5.74, 6) is 1.63. The third kappa shape index (κ3) is 7.57. The number of unbranched alkanes of at least 4 members (excludes halogenated alkanes) is 2. The zero-order chi connectivity index (χ0) is 13.2. The average molecular weight is 270 g/mol. The van der Waals surface area contributed by atoms with Gasteiger partial charge in [-0.15, -0.1) is 0 Å². The molecule has 0 aliphatic carbocycles. The van der Waals surface area contributed by atoms with Crippen molar-refractivity contribution in [2.45, 2.75) is 33.1 Å². The molecule has 3 heteroatoms. The molecule has 0 heterocycles. The number of hydrogen-bond acceptors (Lipinski definition) is 2. The van der Waals surface area contributed by atoms with E-state index in [1.807, 2.05) is 24.3 Å². The molecule has 1 rings (SSSR count). The third-order valence-corrected chi connectivity index (χ3v) is 2.88. The summed E-state index contributed by atoms with van der Waals surface area (Å²) in [6.07, 6.45) is 3.53. The van der Waals surface area contributed by atoms with E-state index in [2.05, 4.69) is 19.2 Å². The minimum Gasteiger partial charge on any atom is -0.494 e. The fourth-order valence-corrected chi connectivity index (χ4v) is 1.77. The van der Waals surface area contributed by atoms with Crippen LogP contribution in [0, 0.1) is 5.92 Å². The lowest BCUT2D eigenvalue weighted by Gasteiger charge is -2.08. The van der Waals surface area contributed by atoms with Gasteiger partial charge in [-0.25, -0.2) is 0 Å². The summed E-state index contributed by atoms with van der Waals surface area (Å²) < 4.78 is 5.63. The molecule has 0 saturated heterocycles. The van der Waals surface area contributed by atoms with E-state index in [-0.39, 0.29) is 0 Å². The van der Waals surface area contributed by atoms with E-state index < -0.39 is 0 Å². The van der Waals surface area contributed by atoms with E-state index in [0.717, 1.165) is 42.8 Å². The van der Waals surface area contributed by atoms with Crippen molar-refractivity contribution in [1.82, 2.24) is 5.32 Å². The molecule has 0 bridgehead atoms. The highest BCUT2D eigenvalue weighted by Crippen LogP contribution is 2.15. The number of rotatable bonds is 9. The van der Waals surface area contributed by atoms with Gasteiger partial charge in [0.15, 0.2) is 0 Å². The van der Waals surface area contributed by atoms with E-state index in [1.54, 1.807) is 0 Å². The highest BCUT2D eigenvalue weighted by Gasteiger charge is 1.95. The summed E-state index contributed by atoms with van der Waals surface area (Å²) >= 11 is 5.80. The van der Waals surface area contributed by atoms with E-state index in [0.29, 0.717) is 0 Å². The van der Waals surface area contributed by atoms with Crippen LogP contribution in [0.2, 0.25) is 5.02 Å². The maximum Gasteiger partial charge on any atom is 0.119 e. The second-order valence-electron chi connectivity index (χ2n) is 4.96. The van der Waals surface area contributed by atoms with Crippen molar-refractivity contribution in [2.24, 2.45) is 5.92 Å². The van der Waals surface area contributed by atoms with E-state index in [4.69, 9.17) is 16.3 Å². The van der Waals surface area contributed by atoms with Gasteiger partial charge in [0.1, 0.15) is 5.75 Å². The summed E-state index contributed by atoms with van der Waals surface area (Å²) in [4.78, 5) is 0. The Kier molecular flexibility index (Phi) is 7.86. The Hall–Kier alpha value is -0.730. The molecule has 0 amide bonds. The maximum absolute atomic E-state index is 5.80. The lowest BCUT2D eigenvalue weighted by Crippen LogP contribution is -2.20. The molecular weight excluding hydrogens is 246 g/mol. The molecule has 0 unspecified atom stereocenters. The van der Waals surface area contributed by atoms with Crippen LogP contribution >= 0.6 is 11.6 Å². The Balaban J connectivity index is 1.94. The van der Waals surface area contributed by atoms with Crippen LogP contribution < -0.4 is 10.1 Å². The van der Waals surface area contributed by atoms with Crippen molar-refractivity contribution in [3.8, 4) is 5.75 Å². The lowest BCUT2D eigenvalue weighted by molar-refractivity contribution is 0.304. The molecular formula is C15H24ClNO. The summed E-state index contributed by atoms with van der Waals surface area (Å²) in [6.45, 7) is 7.46. The van der Waals surface area contributed by atoms with Crippen LogP contribution in [0.3, 0.4) is 0 Å². The van der Waals surface area contributed by atoms with E-state index >= 15 is 0 Å². The summed E-state index contributed by atoms with van der Waals surface area (Å²) in [5.41, 5.74) is 0.